The molecule has 4 heteroatoms. The number of aromatic hydroxyl groups is 1. The van der Waals surface area contributed by atoms with Crippen LogP contribution in [0, 0.1) is 16.7 Å². The Balaban J connectivity index is 1.70. The van der Waals surface area contributed by atoms with E-state index in [2.05, 4.69) is 59.5 Å². The second-order valence-electron chi connectivity index (χ2n) is 10.5. The number of nitrogens with zero attached hydrogens (tertiary/aromatic N) is 2. The van der Waals surface area contributed by atoms with Gasteiger partial charge in [0.25, 0.3) is 0 Å². The molecule has 3 rings (SSSR count). The Morgan fingerprint density at radius 2 is 1.94 bits per heavy atom. The Kier molecular flexibility index (Phi) is 7.76. The van der Waals surface area contributed by atoms with Crippen molar-refractivity contribution in [1.82, 2.24) is 9.13 Å². The maximum atomic E-state index is 13.1. The first-order valence-corrected chi connectivity index (χ1v) is 12.5. The number of aromatic nitrogens is 2. The molecule has 1 N–H and O–H groups in total. The minimum atomic E-state index is 0.101. The van der Waals surface area contributed by atoms with E-state index in [9.17, 15) is 9.90 Å². The number of allylic oxidation sites excluding steroid dienone is 3. The van der Waals surface area contributed by atoms with E-state index in [1.165, 1.54) is 11.1 Å². The van der Waals surface area contributed by atoms with Crippen molar-refractivity contribution in [2.45, 2.75) is 86.2 Å². The number of phenolic OH excluding ortho intramolecular Hbond substituents is 1. The minimum absolute atomic E-state index is 0.101. The zero-order valence-corrected chi connectivity index (χ0v) is 21.2. The van der Waals surface area contributed by atoms with Crippen LogP contribution < -0.4 is 5.69 Å². The van der Waals surface area contributed by atoms with Gasteiger partial charge in [0.2, 0.25) is 0 Å². The third-order valence-electron chi connectivity index (χ3n) is 7.88. The van der Waals surface area contributed by atoms with Gasteiger partial charge in [-0.25, -0.2) is 4.79 Å². The Hall–Kier alpha value is -2.49. The molecule has 2 atom stereocenters. The Morgan fingerprint density at radius 1 is 1.24 bits per heavy atom. The zero-order valence-electron chi connectivity index (χ0n) is 21.2. The van der Waals surface area contributed by atoms with Gasteiger partial charge in [-0.1, -0.05) is 64.0 Å². The van der Waals surface area contributed by atoms with Crippen LogP contribution in [0.5, 0.6) is 5.75 Å². The zero-order chi connectivity index (χ0) is 24.2. The number of aryl methyl sites for hydroxylation is 2. The highest BCUT2D eigenvalue weighted by molar-refractivity contribution is 5.27. The van der Waals surface area contributed by atoms with Gasteiger partial charge < -0.3 is 5.11 Å². The van der Waals surface area contributed by atoms with E-state index in [4.69, 9.17) is 0 Å². The smallest absolute Gasteiger partial charge is 0.328 e. The molecule has 4 nitrogen and oxygen atoms in total. The summed E-state index contributed by atoms with van der Waals surface area (Å²) in [5, 5.41) is 9.46. The lowest BCUT2D eigenvalue weighted by molar-refractivity contribution is 0.217. The molecule has 0 saturated heterocycles. The van der Waals surface area contributed by atoms with Gasteiger partial charge in [-0.15, -0.1) is 6.58 Å². The molecule has 1 aromatic carbocycles. The summed E-state index contributed by atoms with van der Waals surface area (Å²) in [6, 6.07) is 7.40. The van der Waals surface area contributed by atoms with Crippen molar-refractivity contribution >= 4 is 0 Å². The molecule has 1 aliphatic carbocycles. The monoisotopic (exact) mass is 450 g/mol. The topological polar surface area (TPSA) is 47.2 Å². The molecule has 1 saturated carbocycles. The molecule has 180 valence electrons. The Morgan fingerprint density at radius 3 is 2.55 bits per heavy atom. The first kappa shape index (κ1) is 25.1. The highest BCUT2D eigenvalue weighted by Crippen LogP contribution is 2.66. The summed E-state index contributed by atoms with van der Waals surface area (Å²) < 4.78 is 3.84. The van der Waals surface area contributed by atoms with Gasteiger partial charge >= 0.3 is 5.69 Å². The number of phenols is 1. The summed E-state index contributed by atoms with van der Waals surface area (Å²) in [6.07, 6.45) is 12.6. The van der Waals surface area contributed by atoms with E-state index >= 15 is 0 Å². The fourth-order valence-corrected chi connectivity index (χ4v) is 5.29. The maximum Gasteiger partial charge on any atom is 0.328 e. The second kappa shape index (κ2) is 10.2. The van der Waals surface area contributed by atoms with Crippen molar-refractivity contribution in [1.29, 1.82) is 0 Å². The van der Waals surface area contributed by atoms with Crippen LogP contribution >= 0.6 is 0 Å². The fourth-order valence-electron chi connectivity index (χ4n) is 5.29. The first-order chi connectivity index (χ1) is 15.7. The number of rotatable bonds is 12. The Bertz CT molecular complexity index is 1040. The van der Waals surface area contributed by atoms with Gasteiger partial charge in [0, 0.05) is 25.0 Å². The number of hydrogen-bond donors (Lipinski definition) is 1. The quantitative estimate of drug-likeness (QED) is 0.374. The maximum absolute atomic E-state index is 13.1. The van der Waals surface area contributed by atoms with Crippen molar-refractivity contribution in [2.75, 3.05) is 0 Å². The van der Waals surface area contributed by atoms with Crippen molar-refractivity contribution in [3.05, 3.63) is 76.5 Å². The summed E-state index contributed by atoms with van der Waals surface area (Å²) in [5.41, 5.74) is 4.10. The largest absolute Gasteiger partial charge is 0.508 e. The number of hydrogen-bond acceptors (Lipinski definition) is 2. The Labute approximate surface area is 199 Å². The van der Waals surface area contributed by atoms with E-state index in [0.29, 0.717) is 18.2 Å². The van der Waals surface area contributed by atoms with Crippen molar-refractivity contribution < 1.29 is 5.11 Å². The molecule has 1 aromatic heterocycles. The molecular formula is C29H42N2O2. The summed E-state index contributed by atoms with van der Waals surface area (Å²) in [7, 11) is 0. The average Bonchev–Trinajstić information content (AvgIpc) is 3.44. The third-order valence-corrected chi connectivity index (χ3v) is 7.88. The molecule has 0 spiro atoms. The molecule has 1 heterocycles. The summed E-state index contributed by atoms with van der Waals surface area (Å²) in [5.74, 6) is 0.814. The molecule has 1 aliphatic rings. The molecule has 0 aliphatic heterocycles. The van der Waals surface area contributed by atoms with Gasteiger partial charge in [0.05, 0.1) is 0 Å². The van der Waals surface area contributed by atoms with Crippen LogP contribution in [0.2, 0.25) is 0 Å². The molecule has 0 amide bonds. The van der Waals surface area contributed by atoms with E-state index < -0.39 is 0 Å². The van der Waals surface area contributed by atoms with E-state index in [-0.39, 0.29) is 16.5 Å². The molecule has 2 unspecified atom stereocenters. The van der Waals surface area contributed by atoms with Crippen LogP contribution in [0.3, 0.4) is 0 Å². The summed E-state index contributed by atoms with van der Waals surface area (Å²) >= 11 is 0. The molecule has 0 radical (unpaired) electrons. The van der Waals surface area contributed by atoms with E-state index in [0.717, 1.165) is 50.8 Å². The number of imidazole rings is 1. The normalized spacial score (nSPS) is 20.8. The summed E-state index contributed by atoms with van der Waals surface area (Å²) in [4.78, 5) is 13.1. The predicted molar refractivity (Wildman–Crippen MR) is 138 cm³/mol. The van der Waals surface area contributed by atoms with Crippen LogP contribution in [-0.4, -0.2) is 14.2 Å². The highest BCUT2D eigenvalue weighted by Gasteiger charge is 2.58. The van der Waals surface area contributed by atoms with Crippen molar-refractivity contribution in [3.8, 4) is 5.75 Å². The lowest BCUT2D eigenvalue weighted by atomic mass is 9.72. The van der Waals surface area contributed by atoms with Crippen LogP contribution in [0.4, 0.5) is 0 Å². The van der Waals surface area contributed by atoms with Crippen LogP contribution in [0.1, 0.15) is 71.6 Å². The van der Waals surface area contributed by atoms with Crippen LogP contribution in [0.25, 0.3) is 0 Å². The fraction of sp³-hybridized carbons (Fsp3) is 0.552. The van der Waals surface area contributed by atoms with Crippen molar-refractivity contribution in [3.63, 3.8) is 0 Å². The van der Waals surface area contributed by atoms with Gasteiger partial charge in [-0.2, -0.15) is 0 Å². The average molecular weight is 451 g/mol. The van der Waals surface area contributed by atoms with Crippen LogP contribution in [0.15, 0.2) is 59.6 Å². The van der Waals surface area contributed by atoms with Crippen molar-refractivity contribution in [2.24, 2.45) is 16.7 Å². The van der Waals surface area contributed by atoms with Crippen LogP contribution in [-0.2, 0) is 25.9 Å². The van der Waals surface area contributed by atoms with Gasteiger partial charge in [-0.05, 0) is 73.5 Å². The highest BCUT2D eigenvalue weighted by atomic mass is 16.3. The lowest BCUT2D eigenvalue weighted by Crippen LogP contribution is -2.26. The number of benzene rings is 1. The second-order valence-corrected chi connectivity index (χ2v) is 10.5. The van der Waals surface area contributed by atoms with Gasteiger partial charge in [0.15, 0.2) is 0 Å². The van der Waals surface area contributed by atoms with Gasteiger partial charge in [0.1, 0.15) is 5.75 Å². The molecular weight excluding hydrogens is 408 g/mol. The van der Waals surface area contributed by atoms with E-state index in [1.54, 1.807) is 12.1 Å². The molecule has 33 heavy (non-hydrogen) atoms. The third kappa shape index (κ3) is 5.37. The predicted octanol–water partition coefficient (Wildman–Crippen LogP) is 6.52. The minimum Gasteiger partial charge on any atom is -0.508 e. The first-order valence-electron chi connectivity index (χ1n) is 12.5. The van der Waals surface area contributed by atoms with E-state index in [1.807, 2.05) is 21.3 Å². The molecule has 0 bridgehead atoms. The summed E-state index contributed by atoms with van der Waals surface area (Å²) in [6.45, 7) is 16.8. The molecule has 2 aromatic rings. The SMILES string of the molecule is C=CC1(C(C)(C)CC)CC1/C=C(\C)Cn1cc(CCCc2ccc(O)cc2)n(CCC)c1=O. The standard InChI is InChI=1S/C29H42N2O2/c1-7-17-31-25(12-10-11-23-13-15-26(32)16-14-23)21-30(27(31)33)20-22(4)18-24-19-29(24,9-3)28(5,6)8-2/h9,13-16,18,21,24,32H,3,7-8,10-12,17,19-20H2,1-2,4-6H3/b22-18+. The molecule has 1 fully saturated rings. The lowest BCUT2D eigenvalue weighted by Gasteiger charge is -2.32. The van der Waals surface area contributed by atoms with Gasteiger partial charge in [-0.3, -0.25) is 9.13 Å².